The number of aliphatic hydroxyl groups excluding tert-OH is 2. The van der Waals surface area contributed by atoms with Crippen LogP contribution in [0, 0.1) is 23.2 Å². The smallest absolute Gasteiger partial charge is 0.193 e. The molecule has 170 valence electrons. The highest BCUT2D eigenvalue weighted by Crippen LogP contribution is 2.29. The summed E-state index contributed by atoms with van der Waals surface area (Å²) in [5.41, 5.74) is -0.459. The fourth-order valence-corrected chi connectivity index (χ4v) is 2.52. The van der Waals surface area contributed by atoms with Crippen molar-refractivity contribution in [1.82, 2.24) is 0 Å². The molecule has 0 radical (unpaired) electrons. The topological polar surface area (TPSA) is 77.8 Å². The quantitative estimate of drug-likeness (QED) is 0.410. The normalized spacial score (nSPS) is 14.5. The van der Waals surface area contributed by atoms with Gasteiger partial charge in [-0.1, -0.05) is 89.6 Å². The number of rotatable bonds is 8. The van der Waals surface area contributed by atoms with Gasteiger partial charge in [-0.15, -0.1) is 0 Å². The number of aliphatic hydroxyl groups is 3. The van der Waals surface area contributed by atoms with Crippen LogP contribution in [0.2, 0.25) is 0 Å². The van der Waals surface area contributed by atoms with Crippen LogP contribution in [0.4, 0.5) is 0 Å². The summed E-state index contributed by atoms with van der Waals surface area (Å²) in [6.45, 7) is 13.9. The van der Waals surface area contributed by atoms with Crippen molar-refractivity contribution >= 4 is 5.78 Å². The zero-order valence-electron chi connectivity index (χ0n) is 19.9. The number of benzene rings is 1. The number of carbonyl (C=O) groups excluding carboxylic acids is 1. The molecule has 0 heterocycles. The van der Waals surface area contributed by atoms with Crippen molar-refractivity contribution < 1.29 is 20.1 Å². The predicted octanol–water partition coefficient (Wildman–Crippen LogP) is 5.00. The highest BCUT2D eigenvalue weighted by Gasteiger charge is 2.24. The van der Waals surface area contributed by atoms with Crippen molar-refractivity contribution in [2.75, 3.05) is 0 Å². The van der Waals surface area contributed by atoms with Crippen molar-refractivity contribution in [3.05, 3.63) is 35.9 Å². The molecule has 3 atom stereocenters. The summed E-state index contributed by atoms with van der Waals surface area (Å²) in [5, 5.41) is 28.7. The molecule has 3 unspecified atom stereocenters. The number of unbranched alkanes of at least 4 members (excludes halogenated alkanes) is 1. The second-order valence-corrected chi connectivity index (χ2v) is 9.56. The maximum absolute atomic E-state index is 11.4. The Kier molecular flexibility index (Phi) is 12.8. The number of hydrogen-bond donors (Lipinski definition) is 3. The molecule has 0 spiro atoms. The standard InChI is InChI=1S/C16H30O2.C10H12O2/c1-6-7-8-14(17)11-12-15(18)10-9-13(2)16(3,4)5;1-10(2,12)9(11)8-6-4-3-5-7-8/h13-15,17-18H,6-10H2,1-5H3;3-7,12H,1-2H3. The minimum Gasteiger partial charge on any atom is -0.382 e. The van der Waals surface area contributed by atoms with Crippen molar-refractivity contribution in [1.29, 1.82) is 0 Å². The van der Waals surface area contributed by atoms with Crippen LogP contribution in [0.15, 0.2) is 30.3 Å². The van der Waals surface area contributed by atoms with Gasteiger partial charge in [0.2, 0.25) is 0 Å². The Morgan fingerprint density at radius 1 is 0.933 bits per heavy atom. The molecule has 0 amide bonds. The van der Waals surface area contributed by atoms with Crippen LogP contribution in [0.5, 0.6) is 0 Å². The lowest BCUT2D eigenvalue weighted by atomic mass is 9.79. The third-order valence-electron chi connectivity index (χ3n) is 5.19. The van der Waals surface area contributed by atoms with Gasteiger partial charge in [0.05, 0.1) is 0 Å². The first-order valence-corrected chi connectivity index (χ1v) is 11.0. The van der Waals surface area contributed by atoms with E-state index < -0.39 is 17.8 Å². The van der Waals surface area contributed by atoms with Gasteiger partial charge in [0, 0.05) is 5.56 Å². The molecule has 4 heteroatoms. The summed E-state index contributed by atoms with van der Waals surface area (Å²) in [5.74, 6) is 5.80. The van der Waals surface area contributed by atoms with E-state index in [1.54, 1.807) is 24.3 Å². The third-order valence-corrected chi connectivity index (χ3v) is 5.19. The Balaban J connectivity index is 0.000000604. The summed E-state index contributed by atoms with van der Waals surface area (Å²) >= 11 is 0. The number of Topliss-reactive ketones (excluding diaryl/α,β-unsaturated/α-hetero) is 1. The number of carbonyl (C=O) groups is 1. The van der Waals surface area contributed by atoms with Crippen molar-refractivity contribution in [3.8, 4) is 11.8 Å². The summed E-state index contributed by atoms with van der Waals surface area (Å²) in [6.07, 6.45) is 3.20. The number of ketones is 1. The van der Waals surface area contributed by atoms with Gasteiger partial charge in [0.25, 0.3) is 0 Å². The first kappa shape index (κ1) is 28.3. The van der Waals surface area contributed by atoms with Gasteiger partial charge < -0.3 is 15.3 Å². The molecule has 4 nitrogen and oxygen atoms in total. The van der Waals surface area contributed by atoms with Crippen molar-refractivity contribution in [2.45, 2.75) is 98.4 Å². The van der Waals surface area contributed by atoms with Crippen molar-refractivity contribution in [2.24, 2.45) is 11.3 Å². The largest absolute Gasteiger partial charge is 0.382 e. The van der Waals surface area contributed by atoms with Crippen LogP contribution < -0.4 is 0 Å². The van der Waals surface area contributed by atoms with E-state index in [9.17, 15) is 20.1 Å². The maximum Gasteiger partial charge on any atom is 0.193 e. The second-order valence-electron chi connectivity index (χ2n) is 9.56. The Labute approximate surface area is 183 Å². The van der Waals surface area contributed by atoms with Gasteiger partial charge in [0.1, 0.15) is 17.8 Å². The van der Waals surface area contributed by atoms with Crippen LogP contribution in [-0.2, 0) is 0 Å². The van der Waals surface area contributed by atoms with E-state index in [0.717, 1.165) is 19.3 Å². The lowest BCUT2D eigenvalue weighted by molar-refractivity contribution is 0.0488. The predicted molar refractivity (Wildman–Crippen MR) is 124 cm³/mol. The Morgan fingerprint density at radius 3 is 1.87 bits per heavy atom. The van der Waals surface area contributed by atoms with E-state index in [1.165, 1.54) is 13.8 Å². The van der Waals surface area contributed by atoms with Gasteiger partial charge in [-0.2, -0.15) is 0 Å². The average Bonchev–Trinajstić information content (AvgIpc) is 2.67. The minimum atomic E-state index is -1.28. The molecule has 0 aliphatic carbocycles. The Morgan fingerprint density at radius 2 is 1.43 bits per heavy atom. The zero-order chi connectivity index (χ0) is 23.4. The Bertz CT molecular complexity index is 656. The Hall–Kier alpha value is -1.67. The molecule has 30 heavy (non-hydrogen) atoms. The molecule has 0 aliphatic heterocycles. The molecular weight excluding hydrogens is 376 g/mol. The van der Waals surface area contributed by atoms with E-state index in [4.69, 9.17) is 0 Å². The monoisotopic (exact) mass is 418 g/mol. The van der Waals surface area contributed by atoms with E-state index >= 15 is 0 Å². The highest BCUT2D eigenvalue weighted by molar-refractivity contribution is 6.01. The molecule has 0 aromatic heterocycles. The van der Waals surface area contributed by atoms with Crippen LogP contribution in [0.1, 0.15) is 90.9 Å². The van der Waals surface area contributed by atoms with E-state index in [1.807, 2.05) is 6.07 Å². The molecule has 0 bridgehead atoms. The fraction of sp³-hybridized carbons (Fsp3) is 0.654. The first-order valence-electron chi connectivity index (χ1n) is 11.0. The summed E-state index contributed by atoms with van der Waals surface area (Å²) in [6, 6.07) is 8.78. The van der Waals surface area contributed by atoms with Gasteiger partial charge in [-0.3, -0.25) is 4.79 Å². The average molecular weight is 419 g/mol. The minimum absolute atomic E-state index is 0.247. The molecule has 0 saturated heterocycles. The lowest BCUT2D eigenvalue weighted by Crippen LogP contribution is -2.30. The third kappa shape index (κ3) is 12.8. The fourth-order valence-electron chi connectivity index (χ4n) is 2.52. The van der Waals surface area contributed by atoms with Crippen LogP contribution in [-0.4, -0.2) is 38.9 Å². The van der Waals surface area contributed by atoms with E-state index in [-0.39, 0.29) is 11.2 Å². The van der Waals surface area contributed by atoms with Gasteiger partial charge in [-0.05, 0) is 44.4 Å². The van der Waals surface area contributed by atoms with Gasteiger partial charge >= 0.3 is 0 Å². The molecule has 0 aliphatic rings. The highest BCUT2D eigenvalue weighted by atomic mass is 16.3. The molecule has 1 aromatic rings. The van der Waals surface area contributed by atoms with Gasteiger partial charge in [-0.25, -0.2) is 0 Å². The van der Waals surface area contributed by atoms with E-state index in [0.29, 0.717) is 24.3 Å². The lowest BCUT2D eigenvalue weighted by Gasteiger charge is -2.27. The molecular formula is C26H42O4. The van der Waals surface area contributed by atoms with E-state index in [2.05, 4.69) is 46.5 Å². The first-order chi connectivity index (χ1) is 13.8. The SMILES string of the molecule is CC(C)(O)C(=O)c1ccccc1.CCCCC(O)C#CC(O)CCC(C)C(C)(C)C. The summed E-state index contributed by atoms with van der Waals surface area (Å²) in [7, 11) is 0. The summed E-state index contributed by atoms with van der Waals surface area (Å²) in [4.78, 5) is 11.4. The van der Waals surface area contributed by atoms with Crippen LogP contribution in [0.3, 0.4) is 0 Å². The van der Waals surface area contributed by atoms with Crippen LogP contribution >= 0.6 is 0 Å². The molecule has 0 saturated carbocycles. The molecule has 3 N–H and O–H groups in total. The van der Waals surface area contributed by atoms with Crippen molar-refractivity contribution in [3.63, 3.8) is 0 Å². The zero-order valence-corrected chi connectivity index (χ0v) is 19.9. The summed E-state index contributed by atoms with van der Waals surface area (Å²) < 4.78 is 0. The van der Waals surface area contributed by atoms with Crippen LogP contribution in [0.25, 0.3) is 0 Å². The second kappa shape index (κ2) is 13.6. The maximum atomic E-state index is 11.4. The molecule has 1 aromatic carbocycles. The molecule has 1 rings (SSSR count). The van der Waals surface area contributed by atoms with Gasteiger partial charge in [0.15, 0.2) is 5.78 Å². The number of hydrogen-bond acceptors (Lipinski definition) is 4. The molecule has 0 fully saturated rings.